The van der Waals surface area contributed by atoms with E-state index in [-0.39, 0.29) is 11.5 Å². The van der Waals surface area contributed by atoms with Crippen LogP contribution in [0.4, 0.5) is 15.9 Å². The van der Waals surface area contributed by atoms with Crippen molar-refractivity contribution in [2.24, 2.45) is 0 Å². The largest absolute Gasteiger partial charge is 0.537 e. The molecule has 1 saturated heterocycles. The van der Waals surface area contributed by atoms with Gasteiger partial charge >= 0.3 is 17.1 Å². The lowest BCUT2D eigenvalue weighted by Crippen LogP contribution is -2.32. The van der Waals surface area contributed by atoms with E-state index in [0.717, 1.165) is 53.6 Å². The Balaban J connectivity index is 1.35. The molecular weight excluding hydrogens is 441 g/mol. The maximum absolute atomic E-state index is 14.4. The minimum atomic E-state index is -0.459. The number of amides is 1. The van der Waals surface area contributed by atoms with Crippen LogP contribution in [-0.2, 0) is 0 Å². The Bertz CT molecular complexity index is 1550. The number of halogens is 1. The van der Waals surface area contributed by atoms with Gasteiger partial charge in [0.25, 0.3) is 5.91 Å². The van der Waals surface area contributed by atoms with Gasteiger partial charge in [0.2, 0.25) is 6.04 Å². The van der Waals surface area contributed by atoms with Crippen molar-refractivity contribution in [2.75, 3.05) is 23.3 Å². The van der Waals surface area contributed by atoms with Gasteiger partial charge in [-0.15, -0.1) is 0 Å². The SMILES string of the molecule is Cc1ccc2c(c1)=[N+]=C[N+]=2C#Cc1cc(NC(=O)c2cnc(N3CCCCC3)c(C)c2)ccc1F. The zero-order valence-electron chi connectivity index (χ0n) is 19.8. The lowest BCUT2D eigenvalue weighted by atomic mass is 10.1. The summed E-state index contributed by atoms with van der Waals surface area (Å²) >= 11 is 0. The molecule has 2 aliphatic rings. The van der Waals surface area contributed by atoms with Gasteiger partial charge in [-0.25, -0.2) is 9.37 Å². The van der Waals surface area contributed by atoms with Crippen LogP contribution in [0.3, 0.4) is 0 Å². The quantitative estimate of drug-likeness (QED) is 0.365. The Morgan fingerprint density at radius 1 is 1.11 bits per heavy atom. The highest BCUT2D eigenvalue weighted by Gasteiger charge is 2.19. The van der Waals surface area contributed by atoms with Gasteiger partial charge in [-0.2, -0.15) is 0 Å². The van der Waals surface area contributed by atoms with Gasteiger partial charge < -0.3 is 10.2 Å². The highest BCUT2D eigenvalue weighted by molar-refractivity contribution is 6.04. The van der Waals surface area contributed by atoms with Crippen molar-refractivity contribution in [3.8, 4) is 12.0 Å². The predicted octanol–water partition coefficient (Wildman–Crippen LogP) is 2.31. The van der Waals surface area contributed by atoms with E-state index < -0.39 is 5.82 Å². The van der Waals surface area contributed by atoms with E-state index in [1.54, 1.807) is 17.1 Å². The molecule has 3 heterocycles. The summed E-state index contributed by atoms with van der Waals surface area (Å²) in [6, 6.07) is 15.0. The highest BCUT2D eigenvalue weighted by atomic mass is 19.1. The van der Waals surface area contributed by atoms with Crippen LogP contribution in [0.25, 0.3) is 0 Å². The number of aryl methyl sites for hydroxylation is 2. The highest BCUT2D eigenvalue weighted by Crippen LogP contribution is 2.22. The zero-order valence-corrected chi connectivity index (χ0v) is 19.8. The van der Waals surface area contributed by atoms with E-state index >= 15 is 0 Å². The number of benzene rings is 2. The number of aromatic nitrogens is 1. The van der Waals surface area contributed by atoms with Gasteiger partial charge in [0.05, 0.1) is 11.1 Å². The number of carbonyl (C=O) groups excluding carboxylic acids is 1. The molecule has 3 aromatic rings. The Morgan fingerprint density at radius 3 is 2.74 bits per heavy atom. The number of piperidine rings is 1. The first-order valence-electron chi connectivity index (χ1n) is 11.8. The summed E-state index contributed by atoms with van der Waals surface area (Å²) in [6.45, 7) is 5.96. The van der Waals surface area contributed by atoms with Crippen molar-refractivity contribution >= 4 is 23.8 Å². The lowest BCUT2D eigenvalue weighted by molar-refractivity contribution is 0.102. The first-order chi connectivity index (χ1) is 17.0. The van der Waals surface area contributed by atoms with Gasteiger partial charge in [0.15, 0.2) is 0 Å². The van der Waals surface area contributed by atoms with Gasteiger partial charge in [-0.1, -0.05) is 6.07 Å². The molecule has 0 unspecified atom stereocenters. The van der Waals surface area contributed by atoms with Crippen LogP contribution in [-0.4, -0.2) is 30.3 Å². The third-order valence-electron chi connectivity index (χ3n) is 6.21. The van der Waals surface area contributed by atoms with Crippen molar-refractivity contribution in [1.29, 1.82) is 0 Å². The number of hydrogen-bond donors (Lipinski definition) is 1. The molecule has 174 valence electrons. The van der Waals surface area contributed by atoms with Crippen molar-refractivity contribution in [3.05, 3.63) is 87.4 Å². The van der Waals surface area contributed by atoms with Crippen LogP contribution < -0.4 is 30.2 Å². The van der Waals surface area contributed by atoms with Crippen molar-refractivity contribution < 1.29 is 9.18 Å². The van der Waals surface area contributed by atoms with Crippen molar-refractivity contribution in [3.63, 3.8) is 0 Å². The molecule has 0 radical (unpaired) electrons. The molecular formula is C28H26FN5O+2. The molecule has 1 amide bonds. The predicted molar refractivity (Wildman–Crippen MR) is 135 cm³/mol. The minimum absolute atomic E-state index is 0.187. The molecule has 2 aromatic carbocycles. The molecule has 0 saturated carbocycles. The average Bonchev–Trinajstić information content (AvgIpc) is 3.26. The van der Waals surface area contributed by atoms with Gasteiger partial charge in [-0.3, -0.25) is 4.79 Å². The smallest absolute Gasteiger partial charge is 0.356 e. The third-order valence-corrected chi connectivity index (χ3v) is 6.21. The normalized spacial score (nSPS) is 14.1. The molecule has 0 bridgehead atoms. The Kier molecular flexibility index (Phi) is 6.13. The second-order valence-corrected chi connectivity index (χ2v) is 8.90. The Labute approximate surface area is 203 Å². The second-order valence-electron chi connectivity index (χ2n) is 8.90. The molecule has 0 aliphatic carbocycles. The first-order valence-corrected chi connectivity index (χ1v) is 11.8. The summed E-state index contributed by atoms with van der Waals surface area (Å²) in [5.74, 6) is 3.03. The fourth-order valence-corrected chi connectivity index (χ4v) is 4.36. The molecule has 1 aromatic heterocycles. The number of pyridine rings is 1. The van der Waals surface area contributed by atoms with Gasteiger partial charge in [-0.05, 0) is 77.7 Å². The molecule has 2 aliphatic heterocycles. The number of carbonyl (C=O) groups is 1. The number of fused-ring (bicyclic) bond motifs is 1. The maximum atomic E-state index is 14.4. The average molecular weight is 468 g/mol. The molecule has 6 nitrogen and oxygen atoms in total. The molecule has 1 N–H and O–H groups in total. The van der Waals surface area contributed by atoms with E-state index in [4.69, 9.17) is 0 Å². The maximum Gasteiger partial charge on any atom is 0.537 e. The summed E-state index contributed by atoms with van der Waals surface area (Å²) in [5, 5.41) is 4.52. The molecule has 0 spiro atoms. The topological polar surface area (TPSA) is 62.3 Å². The standard InChI is InChI=1S/C28H25FN5O/c1-19-6-9-26-25(14-19)31-18-34(26)13-10-21-16-23(7-8-24(21)29)32-28(35)22-15-20(2)27(30-17-22)33-11-4-3-5-12-33/h6-9,14-18H,3-5,11-12H2,1-2H3/q+1/p+1. The molecule has 0 atom stereocenters. The van der Waals surface area contributed by atoms with Crippen LogP contribution in [0.1, 0.15) is 46.3 Å². The van der Waals surface area contributed by atoms with E-state index in [0.29, 0.717) is 11.3 Å². The first kappa shape index (κ1) is 22.5. The van der Waals surface area contributed by atoms with Gasteiger partial charge in [0, 0.05) is 43.0 Å². The fraction of sp³-hybridized carbons (Fsp3) is 0.250. The van der Waals surface area contributed by atoms with Gasteiger partial charge in [0.1, 0.15) is 11.6 Å². The summed E-state index contributed by atoms with van der Waals surface area (Å²) in [4.78, 5) is 19.7. The summed E-state index contributed by atoms with van der Waals surface area (Å²) in [6.07, 6.45) is 6.79. The van der Waals surface area contributed by atoms with Crippen LogP contribution in [0.2, 0.25) is 0 Å². The second kappa shape index (κ2) is 9.54. The van der Waals surface area contributed by atoms with E-state index in [2.05, 4.69) is 31.8 Å². The number of rotatable bonds is 3. The minimum Gasteiger partial charge on any atom is -0.356 e. The van der Waals surface area contributed by atoms with Crippen LogP contribution in [0.15, 0.2) is 48.7 Å². The Morgan fingerprint density at radius 2 is 1.94 bits per heavy atom. The summed E-state index contributed by atoms with van der Waals surface area (Å²) in [5.41, 5.74) is 3.18. The summed E-state index contributed by atoms with van der Waals surface area (Å²) < 4.78 is 20.5. The molecule has 7 heteroatoms. The zero-order chi connectivity index (χ0) is 24.4. The van der Waals surface area contributed by atoms with E-state index in [1.807, 2.05) is 38.1 Å². The summed E-state index contributed by atoms with van der Waals surface area (Å²) in [7, 11) is 0. The number of nitrogens with one attached hydrogen (secondary N) is 1. The molecule has 35 heavy (non-hydrogen) atoms. The lowest BCUT2D eigenvalue weighted by Gasteiger charge is -2.29. The van der Waals surface area contributed by atoms with Crippen LogP contribution in [0.5, 0.6) is 0 Å². The van der Waals surface area contributed by atoms with Crippen LogP contribution >= 0.6 is 0 Å². The van der Waals surface area contributed by atoms with Crippen molar-refractivity contribution in [2.45, 2.75) is 33.1 Å². The monoisotopic (exact) mass is 467 g/mol. The number of hydrogen-bond acceptors (Lipinski definition) is 3. The molecule has 5 rings (SSSR count). The Hall–Kier alpha value is -4.27. The number of nitrogens with zero attached hydrogens (tertiary/aromatic N) is 4. The number of anilines is 2. The van der Waals surface area contributed by atoms with E-state index in [9.17, 15) is 9.18 Å². The van der Waals surface area contributed by atoms with Crippen molar-refractivity contribution in [1.82, 2.24) is 14.2 Å². The third kappa shape index (κ3) is 4.84. The fourth-order valence-electron chi connectivity index (χ4n) is 4.36. The van der Waals surface area contributed by atoms with E-state index in [1.165, 1.54) is 24.6 Å². The molecule has 1 fully saturated rings. The van der Waals surface area contributed by atoms with Crippen LogP contribution in [0, 0.1) is 31.6 Å².